The van der Waals surface area contributed by atoms with Crippen LogP contribution in [0.5, 0.6) is 5.75 Å². The second kappa shape index (κ2) is 4.49. The van der Waals surface area contributed by atoms with Gasteiger partial charge in [0.2, 0.25) is 0 Å². The van der Waals surface area contributed by atoms with Crippen molar-refractivity contribution in [1.29, 1.82) is 0 Å². The summed E-state index contributed by atoms with van der Waals surface area (Å²) in [6.45, 7) is 4.65. The highest BCUT2D eigenvalue weighted by molar-refractivity contribution is 9.10. The molecule has 3 heteroatoms. The highest BCUT2D eigenvalue weighted by Crippen LogP contribution is 2.50. The Morgan fingerprint density at radius 3 is 2.58 bits per heavy atom. The van der Waals surface area contributed by atoms with Gasteiger partial charge >= 0.3 is 0 Å². The van der Waals surface area contributed by atoms with E-state index in [1.165, 1.54) is 12.8 Å². The van der Waals surface area contributed by atoms with Crippen LogP contribution >= 0.6 is 15.9 Å². The molecule has 0 radical (unpaired) electrons. The number of aliphatic hydroxyl groups excluding tert-OH is 1. The molecule has 104 valence electrons. The van der Waals surface area contributed by atoms with E-state index < -0.39 is 6.10 Å². The zero-order chi connectivity index (χ0) is 13.7. The second-order valence-corrected chi connectivity index (χ2v) is 7.77. The zero-order valence-corrected chi connectivity index (χ0v) is 13.2. The van der Waals surface area contributed by atoms with E-state index in [4.69, 9.17) is 4.74 Å². The number of ether oxygens (including phenoxy) is 1. The molecule has 0 amide bonds. The average molecular weight is 325 g/mol. The van der Waals surface area contributed by atoms with Gasteiger partial charge in [0.25, 0.3) is 0 Å². The van der Waals surface area contributed by atoms with Crippen molar-refractivity contribution in [1.82, 2.24) is 0 Å². The summed E-state index contributed by atoms with van der Waals surface area (Å²) in [6.07, 6.45) is 4.77. The lowest BCUT2D eigenvalue weighted by atomic mass is 9.68. The topological polar surface area (TPSA) is 29.5 Å². The summed E-state index contributed by atoms with van der Waals surface area (Å²) in [5.41, 5.74) is 1.19. The van der Waals surface area contributed by atoms with Crippen LogP contribution < -0.4 is 4.74 Å². The van der Waals surface area contributed by atoms with Gasteiger partial charge in [-0.15, -0.1) is 0 Å². The first-order valence-electron chi connectivity index (χ1n) is 7.06. The molecule has 0 unspecified atom stereocenters. The molecule has 1 fully saturated rings. The summed E-state index contributed by atoms with van der Waals surface area (Å²) < 4.78 is 7.32. The van der Waals surface area contributed by atoms with Crippen LogP contribution in [0, 0.1) is 5.41 Å². The van der Waals surface area contributed by atoms with Gasteiger partial charge in [-0.2, -0.15) is 0 Å². The fourth-order valence-corrected chi connectivity index (χ4v) is 3.64. The summed E-state index contributed by atoms with van der Waals surface area (Å²) in [5, 5.41) is 10.4. The van der Waals surface area contributed by atoms with E-state index in [-0.39, 0.29) is 5.60 Å². The van der Waals surface area contributed by atoms with Crippen molar-refractivity contribution in [3.63, 3.8) is 0 Å². The maximum atomic E-state index is 10.4. The Balaban J connectivity index is 1.88. The van der Waals surface area contributed by atoms with E-state index >= 15 is 0 Å². The molecule has 3 rings (SSSR count). The second-order valence-electron chi connectivity index (χ2n) is 6.85. The van der Waals surface area contributed by atoms with E-state index in [0.717, 1.165) is 35.0 Å². The van der Waals surface area contributed by atoms with E-state index in [0.29, 0.717) is 5.41 Å². The fourth-order valence-electron chi connectivity index (χ4n) is 3.30. The maximum absolute atomic E-state index is 10.4. The third-order valence-corrected chi connectivity index (χ3v) is 5.23. The molecule has 1 aromatic carbocycles. The Kier molecular flexibility index (Phi) is 3.18. The molecule has 1 N–H and O–H groups in total. The SMILES string of the molecule is CC1(C)CCC2(CC1)C[C@@H](O)c1ccc(Br)cc1O2. The maximum Gasteiger partial charge on any atom is 0.127 e. The molecule has 1 spiro atoms. The Labute approximate surface area is 123 Å². The lowest BCUT2D eigenvalue weighted by Gasteiger charge is -2.47. The smallest absolute Gasteiger partial charge is 0.127 e. The number of hydrogen-bond donors (Lipinski definition) is 1. The van der Waals surface area contributed by atoms with Crippen LogP contribution in [0.15, 0.2) is 22.7 Å². The summed E-state index contributed by atoms with van der Waals surface area (Å²) in [6, 6.07) is 5.91. The van der Waals surface area contributed by atoms with Crippen LogP contribution in [0.1, 0.15) is 57.6 Å². The van der Waals surface area contributed by atoms with Crippen molar-refractivity contribution in [3.8, 4) is 5.75 Å². The Hall–Kier alpha value is -0.540. The van der Waals surface area contributed by atoms with Crippen LogP contribution in [0.2, 0.25) is 0 Å². The molecule has 0 aromatic heterocycles. The van der Waals surface area contributed by atoms with Gasteiger partial charge in [-0.05, 0) is 43.2 Å². The molecular formula is C16H21BrO2. The van der Waals surface area contributed by atoms with Gasteiger partial charge in [-0.25, -0.2) is 0 Å². The molecular weight excluding hydrogens is 304 g/mol. The third kappa shape index (κ3) is 2.55. The van der Waals surface area contributed by atoms with Crippen LogP contribution in [0.4, 0.5) is 0 Å². The Morgan fingerprint density at radius 2 is 1.89 bits per heavy atom. The minimum Gasteiger partial charge on any atom is -0.487 e. The Bertz CT molecular complexity index is 486. The summed E-state index contributed by atoms with van der Waals surface area (Å²) in [5.74, 6) is 0.854. The minimum absolute atomic E-state index is 0.150. The number of hydrogen-bond acceptors (Lipinski definition) is 2. The molecule has 1 atom stereocenters. The van der Waals surface area contributed by atoms with Gasteiger partial charge in [0, 0.05) is 16.5 Å². The van der Waals surface area contributed by atoms with Crippen LogP contribution in [0.25, 0.3) is 0 Å². The summed E-state index contributed by atoms with van der Waals surface area (Å²) >= 11 is 3.48. The first-order chi connectivity index (χ1) is 8.89. The third-order valence-electron chi connectivity index (χ3n) is 4.74. The van der Waals surface area contributed by atoms with Crippen molar-refractivity contribution in [3.05, 3.63) is 28.2 Å². The summed E-state index contributed by atoms with van der Waals surface area (Å²) in [7, 11) is 0. The van der Waals surface area contributed by atoms with Crippen molar-refractivity contribution in [2.24, 2.45) is 5.41 Å². The minimum atomic E-state index is -0.391. The molecule has 1 aliphatic heterocycles. The number of halogens is 1. The predicted molar refractivity (Wildman–Crippen MR) is 79.3 cm³/mol. The molecule has 19 heavy (non-hydrogen) atoms. The quantitative estimate of drug-likeness (QED) is 0.755. The normalized spacial score (nSPS) is 27.7. The molecule has 2 aliphatic rings. The zero-order valence-electron chi connectivity index (χ0n) is 11.6. The molecule has 1 heterocycles. The summed E-state index contributed by atoms with van der Waals surface area (Å²) in [4.78, 5) is 0. The van der Waals surface area contributed by atoms with Crippen LogP contribution in [0.3, 0.4) is 0 Å². The van der Waals surface area contributed by atoms with E-state index in [2.05, 4.69) is 29.8 Å². The highest BCUT2D eigenvalue weighted by atomic mass is 79.9. The monoisotopic (exact) mass is 324 g/mol. The fraction of sp³-hybridized carbons (Fsp3) is 0.625. The molecule has 0 bridgehead atoms. The van der Waals surface area contributed by atoms with E-state index in [1.54, 1.807) is 0 Å². The lowest BCUT2D eigenvalue weighted by Crippen LogP contribution is -2.45. The van der Waals surface area contributed by atoms with Crippen LogP contribution in [-0.4, -0.2) is 10.7 Å². The molecule has 1 aliphatic carbocycles. The first kappa shape index (κ1) is 13.4. The Morgan fingerprint density at radius 1 is 1.21 bits per heavy atom. The lowest BCUT2D eigenvalue weighted by molar-refractivity contribution is -0.0576. The molecule has 2 nitrogen and oxygen atoms in total. The largest absolute Gasteiger partial charge is 0.487 e. The highest BCUT2D eigenvalue weighted by Gasteiger charge is 2.44. The van der Waals surface area contributed by atoms with Gasteiger partial charge < -0.3 is 9.84 Å². The van der Waals surface area contributed by atoms with E-state index in [9.17, 15) is 5.11 Å². The van der Waals surface area contributed by atoms with Gasteiger partial charge in [-0.1, -0.05) is 35.8 Å². The van der Waals surface area contributed by atoms with E-state index in [1.807, 2.05) is 18.2 Å². The van der Waals surface area contributed by atoms with Crippen molar-refractivity contribution >= 4 is 15.9 Å². The van der Waals surface area contributed by atoms with Crippen LogP contribution in [-0.2, 0) is 0 Å². The number of aliphatic hydroxyl groups is 1. The predicted octanol–water partition coefficient (Wildman–Crippen LogP) is 4.60. The van der Waals surface area contributed by atoms with Gasteiger partial charge in [0.05, 0.1) is 6.10 Å². The average Bonchev–Trinajstić information content (AvgIpc) is 2.33. The number of fused-ring (bicyclic) bond motifs is 1. The number of benzene rings is 1. The van der Waals surface area contributed by atoms with Crippen molar-refractivity contribution in [2.75, 3.05) is 0 Å². The van der Waals surface area contributed by atoms with Gasteiger partial charge in [-0.3, -0.25) is 0 Å². The van der Waals surface area contributed by atoms with Crippen molar-refractivity contribution < 1.29 is 9.84 Å². The molecule has 1 aromatic rings. The van der Waals surface area contributed by atoms with Gasteiger partial charge in [0.1, 0.15) is 11.4 Å². The first-order valence-corrected chi connectivity index (χ1v) is 7.85. The van der Waals surface area contributed by atoms with Crippen molar-refractivity contribution in [2.45, 2.75) is 57.7 Å². The molecule has 0 saturated heterocycles. The van der Waals surface area contributed by atoms with Gasteiger partial charge in [0.15, 0.2) is 0 Å². The molecule has 1 saturated carbocycles. The number of rotatable bonds is 0. The standard InChI is InChI=1S/C16H21BrO2/c1-15(2)5-7-16(8-6-15)10-13(18)12-4-3-11(17)9-14(12)19-16/h3-4,9,13,18H,5-8,10H2,1-2H3/t13-/m1/s1.